The lowest BCUT2D eigenvalue weighted by Gasteiger charge is -2.11. The summed E-state index contributed by atoms with van der Waals surface area (Å²) in [4.78, 5) is 12.1. The summed E-state index contributed by atoms with van der Waals surface area (Å²) in [5.41, 5.74) is 3.56. The van der Waals surface area contributed by atoms with Crippen molar-refractivity contribution in [2.75, 3.05) is 7.11 Å². The molecule has 2 heterocycles. The lowest BCUT2D eigenvalue weighted by Crippen LogP contribution is -1.98. The number of H-pyrrole nitrogens is 1. The Labute approximate surface area is 159 Å². The van der Waals surface area contributed by atoms with Crippen LogP contribution in [0.5, 0.6) is 11.5 Å². The van der Waals surface area contributed by atoms with Crippen LogP contribution in [0.3, 0.4) is 0 Å². The Morgan fingerprint density at radius 1 is 1.04 bits per heavy atom. The van der Waals surface area contributed by atoms with Gasteiger partial charge in [-0.2, -0.15) is 0 Å². The van der Waals surface area contributed by atoms with E-state index in [1.54, 1.807) is 13.3 Å². The van der Waals surface area contributed by atoms with Crippen molar-refractivity contribution in [1.82, 2.24) is 15.0 Å². The molecule has 4 rings (SSSR count). The highest BCUT2D eigenvalue weighted by molar-refractivity contribution is 9.10. The van der Waals surface area contributed by atoms with Gasteiger partial charge in [-0.15, -0.1) is 0 Å². The van der Waals surface area contributed by atoms with E-state index in [9.17, 15) is 0 Å². The van der Waals surface area contributed by atoms with Crippen LogP contribution in [0.1, 0.15) is 5.56 Å². The van der Waals surface area contributed by atoms with Gasteiger partial charge in [0.05, 0.1) is 12.6 Å². The lowest BCUT2D eigenvalue weighted by atomic mass is 10.2. The fraction of sp³-hybridized carbons (Fsp3) is 0.100. The maximum atomic E-state index is 5.91. The molecule has 0 amide bonds. The second kappa shape index (κ2) is 7.17. The van der Waals surface area contributed by atoms with Crippen molar-refractivity contribution in [3.63, 3.8) is 0 Å². The van der Waals surface area contributed by atoms with Gasteiger partial charge >= 0.3 is 0 Å². The molecule has 0 aliphatic carbocycles. The fourth-order valence-corrected chi connectivity index (χ4v) is 3.01. The zero-order chi connectivity index (χ0) is 17.9. The molecule has 1 N–H and O–H groups in total. The average Bonchev–Trinajstić information content (AvgIpc) is 3.10. The lowest BCUT2D eigenvalue weighted by molar-refractivity contribution is 0.284. The maximum absolute atomic E-state index is 5.91. The predicted molar refractivity (Wildman–Crippen MR) is 104 cm³/mol. The number of benzene rings is 2. The molecular formula is C20H16BrN3O2. The van der Waals surface area contributed by atoms with Crippen molar-refractivity contribution >= 4 is 27.1 Å². The van der Waals surface area contributed by atoms with E-state index in [0.717, 1.165) is 26.9 Å². The first kappa shape index (κ1) is 16.6. The van der Waals surface area contributed by atoms with Gasteiger partial charge in [-0.3, -0.25) is 0 Å². The first-order valence-corrected chi connectivity index (χ1v) is 8.88. The van der Waals surface area contributed by atoms with E-state index < -0.39 is 0 Å². The summed E-state index contributed by atoms with van der Waals surface area (Å²) in [6.07, 6.45) is 1.73. The molecule has 26 heavy (non-hydrogen) atoms. The number of ether oxygens (including phenoxy) is 2. The minimum absolute atomic E-state index is 0.485. The second-order valence-electron chi connectivity index (χ2n) is 5.75. The molecule has 0 atom stereocenters. The molecule has 0 saturated carbocycles. The van der Waals surface area contributed by atoms with Crippen LogP contribution in [0, 0.1) is 0 Å². The largest absolute Gasteiger partial charge is 0.493 e. The summed E-state index contributed by atoms with van der Waals surface area (Å²) in [5.74, 6) is 2.09. The van der Waals surface area contributed by atoms with Crippen molar-refractivity contribution in [3.05, 3.63) is 70.8 Å². The third-order valence-electron chi connectivity index (χ3n) is 3.98. The minimum atomic E-state index is 0.485. The van der Waals surface area contributed by atoms with Crippen LogP contribution in [0.4, 0.5) is 0 Å². The van der Waals surface area contributed by atoms with Crippen LogP contribution in [-0.4, -0.2) is 22.1 Å². The molecule has 2 aromatic heterocycles. The molecule has 0 radical (unpaired) electrons. The molecule has 130 valence electrons. The first-order valence-electron chi connectivity index (χ1n) is 8.09. The van der Waals surface area contributed by atoms with E-state index in [-0.39, 0.29) is 0 Å². The molecule has 6 heteroatoms. The number of nitrogens with one attached hydrogen (secondary N) is 1. The van der Waals surface area contributed by atoms with Crippen LogP contribution in [-0.2, 0) is 6.61 Å². The van der Waals surface area contributed by atoms with Gasteiger partial charge in [-0.1, -0.05) is 30.3 Å². The summed E-state index contributed by atoms with van der Waals surface area (Å²) in [6, 6.07) is 17.7. The van der Waals surface area contributed by atoms with E-state index in [1.165, 1.54) is 0 Å². The van der Waals surface area contributed by atoms with E-state index in [1.807, 2.05) is 54.6 Å². The number of imidazole rings is 1. The number of fused-ring (bicyclic) bond motifs is 1. The highest BCUT2D eigenvalue weighted by atomic mass is 79.9. The van der Waals surface area contributed by atoms with Crippen molar-refractivity contribution in [2.24, 2.45) is 0 Å². The number of hydrogen-bond donors (Lipinski definition) is 1. The number of halogens is 1. The van der Waals surface area contributed by atoms with Crippen LogP contribution in [0.25, 0.3) is 22.6 Å². The summed E-state index contributed by atoms with van der Waals surface area (Å²) in [7, 11) is 1.63. The Morgan fingerprint density at radius 3 is 2.69 bits per heavy atom. The Bertz CT molecular complexity index is 1050. The van der Waals surface area contributed by atoms with Crippen molar-refractivity contribution in [1.29, 1.82) is 0 Å². The van der Waals surface area contributed by atoms with Crippen molar-refractivity contribution in [2.45, 2.75) is 6.61 Å². The standard InChI is InChI=1S/C20H16BrN3O2/c1-25-18-9-14(19-23-16-10-15(21)11-22-20(16)24-19)7-8-17(18)26-12-13-5-3-2-4-6-13/h2-11H,12H2,1H3,(H,22,23,24). The topological polar surface area (TPSA) is 60.0 Å². The number of hydrogen-bond acceptors (Lipinski definition) is 4. The van der Waals surface area contributed by atoms with Crippen LogP contribution >= 0.6 is 15.9 Å². The number of aromatic nitrogens is 3. The van der Waals surface area contributed by atoms with Gasteiger partial charge < -0.3 is 14.5 Å². The number of aromatic amines is 1. The third kappa shape index (κ3) is 3.41. The number of methoxy groups -OCH3 is 1. The monoisotopic (exact) mass is 409 g/mol. The van der Waals surface area contributed by atoms with E-state index in [2.05, 4.69) is 30.9 Å². The molecule has 0 aliphatic rings. The van der Waals surface area contributed by atoms with Crippen LogP contribution in [0.15, 0.2) is 65.3 Å². The van der Waals surface area contributed by atoms with Gasteiger partial charge in [-0.05, 0) is 45.8 Å². The average molecular weight is 410 g/mol. The van der Waals surface area contributed by atoms with Crippen LogP contribution < -0.4 is 9.47 Å². The summed E-state index contributed by atoms with van der Waals surface area (Å²) in [6.45, 7) is 0.485. The normalized spacial score (nSPS) is 10.8. The van der Waals surface area contributed by atoms with Gasteiger partial charge in [-0.25, -0.2) is 9.97 Å². The highest BCUT2D eigenvalue weighted by Crippen LogP contribution is 2.32. The molecular weight excluding hydrogens is 394 g/mol. The summed E-state index contributed by atoms with van der Waals surface area (Å²) >= 11 is 3.42. The predicted octanol–water partition coefficient (Wildman–Crippen LogP) is 4.98. The van der Waals surface area contributed by atoms with Gasteiger partial charge in [0.2, 0.25) is 0 Å². The van der Waals surface area contributed by atoms with Crippen molar-refractivity contribution < 1.29 is 9.47 Å². The Balaban J connectivity index is 1.61. The quantitative estimate of drug-likeness (QED) is 0.505. The van der Waals surface area contributed by atoms with E-state index in [0.29, 0.717) is 23.8 Å². The van der Waals surface area contributed by atoms with Gasteiger partial charge in [0, 0.05) is 16.2 Å². The minimum Gasteiger partial charge on any atom is -0.493 e. The molecule has 5 nitrogen and oxygen atoms in total. The molecule has 4 aromatic rings. The molecule has 0 aliphatic heterocycles. The second-order valence-corrected chi connectivity index (χ2v) is 6.67. The van der Waals surface area contributed by atoms with Gasteiger partial charge in [0.1, 0.15) is 12.4 Å². The SMILES string of the molecule is COc1cc(-c2nc3ncc(Br)cc3[nH]2)ccc1OCc1ccccc1. The highest BCUT2D eigenvalue weighted by Gasteiger charge is 2.11. The molecule has 0 unspecified atom stereocenters. The Hall–Kier alpha value is -2.86. The maximum Gasteiger partial charge on any atom is 0.178 e. The Kier molecular flexibility index (Phi) is 4.58. The Morgan fingerprint density at radius 2 is 1.88 bits per heavy atom. The van der Waals surface area contributed by atoms with E-state index >= 15 is 0 Å². The molecule has 0 fully saturated rings. The molecule has 0 bridgehead atoms. The van der Waals surface area contributed by atoms with Crippen LogP contribution in [0.2, 0.25) is 0 Å². The number of rotatable bonds is 5. The summed E-state index contributed by atoms with van der Waals surface area (Å²) in [5, 5.41) is 0. The third-order valence-corrected chi connectivity index (χ3v) is 4.41. The molecule has 0 spiro atoms. The number of pyridine rings is 1. The fourth-order valence-electron chi connectivity index (χ4n) is 2.68. The summed E-state index contributed by atoms with van der Waals surface area (Å²) < 4.78 is 12.3. The zero-order valence-corrected chi connectivity index (χ0v) is 15.7. The van der Waals surface area contributed by atoms with E-state index in [4.69, 9.17) is 9.47 Å². The smallest absolute Gasteiger partial charge is 0.178 e. The number of nitrogens with zero attached hydrogens (tertiary/aromatic N) is 2. The first-order chi connectivity index (χ1) is 12.7. The zero-order valence-electron chi connectivity index (χ0n) is 14.1. The molecule has 0 saturated heterocycles. The van der Waals surface area contributed by atoms with Gasteiger partial charge in [0.15, 0.2) is 17.1 Å². The van der Waals surface area contributed by atoms with Crippen molar-refractivity contribution in [3.8, 4) is 22.9 Å². The van der Waals surface area contributed by atoms with Gasteiger partial charge in [0.25, 0.3) is 0 Å². The molecule has 2 aromatic carbocycles.